The maximum Gasteiger partial charge on any atom is 0.345 e. The summed E-state index contributed by atoms with van der Waals surface area (Å²) in [5.74, 6) is -0.406. The second kappa shape index (κ2) is 9.87. The van der Waals surface area contributed by atoms with Crippen LogP contribution in [0.3, 0.4) is 0 Å². The lowest BCUT2D eigenvalue weighted by atomic mass is 10.1. The van der Waals surface area contributed by atoms with Crippen molar-refractivity contribution in [3.8, 4) is 5.75 Å². The Hall–Kier alpha value is -2.30. The third kappa shape index (κ3) is 11.0. The van der Waals surface area contributed by atoms with Gasteiger partial charge in [-0.05, 0) is 60.6 Å². The monoisotopic (exact) mass is 350 g/mol. The highest BCUT2D eigenvalue weighted by Gasteiger charge is 2.28. The van der Waals surface area contributed by atoms with Crippen LogP contribution in [0.25, 0.3) is 0 Å². The molecule has 0 aromatic heterocycles. The van der Waals surface area contributed by atoms with Gasteiger partial charge in [-0.2, -0.15) is 0 Å². The summed E-state index contributed by atoms with van der Waals surface area (Å²) in [5.41, 5.74) is -1.34. The van der Waals surface area contributed by atoms with Crippen LogP contribution in [0.2, 0.25) is 0 Å². The predicted molar refractivity (Wildman–Crippen MR) is 98.4 cm³/mol. The first-order chi connectivity index (χ1) is 11.4. The fourth-order valence-corrected chi connectivity index (χ4v) is 1.54. The molecule has 0 spiro atoms. The predicted octanol–water partition coefficient (Wildman–Crippen LogP) is 4.31. The maximum atomic E-state index is 11.7. The number of carbonyl (C=O) groups excluding carboxylic acids is 2. The SMILES string of the molecule is CC=C(C(=O)OC(C)(C)C)C(=O)OC(C)(C)C.COc1ccccc1. The van der Waals surface area contributed by atoms with Crippen molar-refractivity contribution in [1.29, 1.82) is 0 Å². The summed E-state index contributed by atoms with van der Waals surface area (Å²) in [6.07, 6.45) is 1.40. The summed E-state index contributed by atoms with van der Waals surface area (Å²) >= 11 is 0. The Morgan fingerprint density at radius 1 is 0.840 bits per heavy atom. The fourth-order valence-electron chi connectivity index (χ4n) is 1.54. The van der Waals surface area contributed by atoms with Crippen molar-refractivity contribution in [2.24, 2.45) is 0 Å². The number of ether oxygens (including phenoxy) is 3. The van der Waals surface area contributed by atoms with Crippen molar-refractivity contribution < 1.29 is 23.8 Å². The highest BCUT2D eigenvalue weighted by molar-refractivity contribution is 6.14. The van der Waals surface area contributed by atoms with Crippen LogP contribution in [-0.2, 0) is 19.1 Å². The van der Waals surface area contributed by atoms with Gasteiger partial charge in [0.1, 0.15) is 22.5 Å². The molecule has 0 aliphatic heterocycles. The Balaban J connectivity index is 0.000000593. The molecule has 1 rings (SSSR count). The molecule has 5 heteroatoms. The van der Waals surface area contributed by atoms with Crippen molar-refractivity contribution in [3.63, 3.8) is 0 Å². The molecule has 0 heterocycles. The van der Waals surface area contributed by atoms with Gasteiger partial charge in [-0.3, -0.25) is 0 Å². The number of carbonyl (C=O) groups is 2. The molecular formula is C20H30O5. The zero-order valence-corrected chi connectivity index (χ0v) is 16.5. The maximum absolute atomic E-state index is 11.7. The van der Waals surface area contributed by atoms with E-state index < -0.39 is 23.1 Å². The van der Waals surface area contributed by atoms with E-state index >= 15 is 0 Å². The van der Waals surface area contributed by atoms with Crippen LogP contribution in [0.1, 0.15) is 48.5 Å². The molecule has 0 radical (unpaired) electrons. The topological polar surface area (TPSA) is 61.8 Å². The summed E-state index contributed by atoms with van der Waals surface area (Å²) in [7, 11) is 1.66. The van der Waals surface area contributed by atoms with Crippen LogP contribution in [0.5, 0.6) is 5.75 Å². The number of esters is 2. The Morgan fingerprint density at radius 3 is 1.48 bits per heavy atom. The lowest BCUT2D eigenvalue weighted by Crippen LogP contribution is -2.31. The van der Waals surface area contributed by atoms with Crippen LogP contribution in [0.15, 0.2) is 42.0 Å². The molecule has 140 valence electrons. The normalized spacial score (nSPS) is 10.7. The largest absolute Gasteiger partial charge is 0.497 e. The van der Waals surface area contributed by atoms with Crippen molar-refractivity contribution in [1.82, 2.24) is 0 Å². The van der Waals surface area contributed by atoms with E-state index in [2.05, 4.69) is 0 Å². The molecule has 0 fully saturated rings. The molecular weight excluding hydrogens is 320 g/mol. The molecule has 1 aromatic rings. The van der Waals surface area contributed by atoms with E-state index in [0.29, 0.717) is 0 Å². The Kier molecular flexibility index (Phi) is 8.96. The van der Waals surface area contributed by atoms with E-state index in [-0.39, 0.29) is 5.57 Å². The standard InChI is InChI=1S/C13H22O4.C7H8O/c1-8-9(10(14)16-12(2,3)4)11(15)17-13(5,6)7;1-8-7-5-3-2-4-6-7/h8H,1-7H3;2-6H,1H3. The molecule has 25 heavy (non-hydrogen) atoms. The number of benzene rings is 1. The quantitative estimate of drug-likeness (QED) is 0.352. The molecule has 0 unspecified atom stereocenters. The number of hydrogen-bond donors (Lipinski definition) is 0. The molecule has 1 aromatic carbocycles. The first kappa shape index (κ1) is 22.7. The van der Waals surface area contributed by atoms with E-state index in [0.717, 1.165) is 5.75 Å². The van der Waals surface area contributed by atoms with Gasteiger partial charge in [0.15, 0.2) is 0 Å². The van der Waals surface area contributed by atoms with Crippen LogP contribution in [0.4, 0.5) is 0 Å². The van der Waals surface area contributed by atoms with Crippen molar-refractivity contribution >= 4 is 11.9 Å². The summed E-state index contributed by atoms with van der Waals surface area (Å²) in [6.45, 7) is 12.1. The lowest BCUT2D eigenvalue weighted by Gasteiger charge is -2.22. The number of para-hydroxylation sites is 1. The van der Waals surface area contributed by atoms with Gasteiger partial charge in [0.05, 0.1) is 7.11 Å². The highest BCUT2D eigenvalue weighted by atomic mass is 16.6. The zero-order chi connectivity index (χ0) is 19.7. The van der Waals surface area contributed by atoms with Gasteiger partial charge < -0.3 is 14.2 Å². The van der Waals surface area contributed by atoms with Gasteiger partial charge in [0.25, 0.3) is 0 Å². The van der Waals surface area contributed by atoms with E-state index in [1.165, 1.54) is 6.08 Å². The van der Waals surface area contributed by atoms with Crippen LogP contribution < -0.4 is 4.74 Å². The average Bonchev–Trinajstić information content (AvgIpc) is 2.45. The lowest BCUT2D eigenvalue weighted by molar-refractivity contribution is -0.158. The molecule has 0 aliphatic rings. The number of hydrogen-bond acceptors (Lipinski definition) is 5. The second-order valence-electron chi connectivity index (χ2n) is 7.22. The van der Waals surface area contributed by atoms with Gasteiger partial charge in [-0.1, -0.05) is 24.3 Å². The summed E-state index contributed by atoms with van der Waals surface area (Å²) in [5, 5.41) is 0. The van der Waals surface area contributed by atoms with E-state index in [1.54, 1.807) is 55.6 Å². The number of methoxy groups -OCH3 is 1. The smallest absolute Gasteiger partial charge is 0.345 e. The number of rotatable bonds is 3. The van der Waals surface area contributed by atoms with Crippen LogP contribution >= 0.6 is 0 Å². The van der Waals surface area contributed by atoms with E-state index in [1.807, 2.05) is 30.3 Å². The molecule has 0 aliphatic carbocycles. The molecule has 0 atom stereocenters. The summed E-state index contributed by atoms with van der Waals surface area (Å²) < 4.78 is 15.2. The Bertz CT molecular complexity index is 544. The molecule has 5 nitrogen and oxygen atoms in total. The molecule has 0 saturated heterocycles. The second-order valence-corrected chi connectivity index (χ2v) is 7.22. The third-order valence-corrected chi connectivity index (χ3v) is 2.51. The van der Waals surface area contributed by atoms with Crippen molar-refractivity contribution in [2.75, 3.05) is 7.11 Å². The van der Waals surface area contributed by atoms with Crippen LogP contribution in [0, 0.1) is 0 Å². The molecule has 0 saturated carbocycles. The summed E-state index contributed by atoms with van der Waals surface area (Å²) in [6, 6.07) is 9.68. The third-order valence-electron chi connectivity index (χ3n) is 2.51. The van der Waals surface area contributed by atoms with Gasteiger partial charge >= 0.3 is 11.9 Å². The minimum Gasteiger partial charge on any atom is -0.497 e. The fraction of sp³-hybridized carbons (Fsp3) is 0.500. The van der Waals surface area contributed by atoms with Gasteiger partial charge in [-0.15, -0.1) is 0 Å². The number of allylic oxidation sites excluding steroid dienone is 1. The molecule has 0 N–H and O–H groups in total. The molecule has 0 bridgehead atoms. The van der Waals surface area contributed by atoms with Gasteiger partial charge in [0, 0.05) is 0 Å². The Morgan fingerprint density at radius 2 is 1.24 bits per heavy atom. The van der Waals surface area contributed by atoms with Crippen LogP contribution in [-0.4, -0.2) is 30.3 Å². The average molecular weight is 350 g/mol. The van der Waals surface area contributed by atoms with E-state index in [9.17, 15) is 9.59 Å². The van der Waals surface area contributed by atoms with Crippen molar-refractivity contribution in [3.05, 3.63) is 42.0 Å². The van der Waals surface area contributed by atoms with E-state index in [4.69, 9.17) is 14.2 Å². The minimum absolute atomic E-state index is 0.0742. The minimum atomic E-state index is -0.658. The zero-order valence-electron chi connectivity index (χ0n) is 16.5. The first-order valence-electron chi connectivity index (χ1n) is 8.11. The van der Waals surface area contributed by atoms with Crippen molar-refractivity contribution in [2.45, 2.75) is 59.7 Å². The molecule has 0 amide bonds. The first-order valence-corrected chi connectivity index (χ1v) is 8.11. The Labute approximate surface area is 151 Å². The highest BCUT2D eigenvalue weighted by Crippen LogP contribution is 2.15. The van der Waals surface area contributed by atoms with Gasteiger partial charge in [0.2, 0.25) is 0 Å². The van der Waals surface area contributed by atoms with Gasteiger partial charge in [-0.25, -0.2) is 9.59 Å². The summed E-state index contributed by atoms with van der Waals surface area (Å²) in [4.78, 5) is 23.5.